The molecule has 5 nitrogen and oxygen atoms in total. The molecule has 2 aliphatic heterocycles. The zero-order valence-corrected chi connectivity index (χ0v) is 11.7. The fraction of sp³-hybridized carbons (Fsp3) is 0.375. The number of benzene rings is 1. The number of carbonyl (C=O) groups is 1. The molecule has 2 aliphatic rings. The van der Waals surface area contributed by atoms with E-state index in [9.17, 15) is 4.79 Å². The maximum absolute atomic E-state index is 12.6. The van der Waals surface area contributed by atoms with Crippen molar-refractivity contribution in [3.63, 3.8) is 0 Å². The van der Waals surface area contributed by atoms with Crippen LogP contribution >= 0.6 is 0 Å². The van der Waals surface area contributed by atoms with Crippen LogP contribution in [0.5, 0.6) is 0 Å². The number of nitrogens with zero attached hydrogens (tertiary/aromatic N) is 3. The maximum atomic E-state index is 12.6. The molecule has 1 aromatic heterocycles. The standard InChI is InChI=1S/C16H17N3O2/c20-16(19-9-8-18-7-6-13(19)11-18)15-17-10-14(21-15)12-4-2-1-3-5-12/h1-5,10,13H,6-9,11H2/t13-/m1/s1. The van der Waals surface area contributed by atoms with Crippen LogP contribution in [0, 0.1) is 0 Å². The predicted octanol–water partition coefficient (Wildman–Crippen LogP) is 1.87. The van der Waals surface area contributed by atoms with Gasteiger partial charge >= 0.3 is 5.91 Å². The molecule has 0 aliphatic carbocycles. The van der Waals surface area contributed by atoms with E-state index in [0.717, 1.165) is 38.2 Å². The van der Waals surface area contributed by atoms with E-state index in [1.54, 1.807) is 6.20 Å². The minimum atomic E-state index is -0.0799. The van der Waals surface area contributed by atoms with Crippen molar-refractivity contribution in [1.29, 1.82) is 0 Å². The maximum Gasteiger partial charge on any atom is 0.310 e. The van der Waals surface area contributed by atoms with E-state index in [-0.39, 0.29) is 11.8 Å². The second-order valence-corrected chi connectivity index (χ2v) is 5.64. The Bertz CT molecular complexity index is 653. The van der Waals surface area contributed by atoms with E-state index in [4.69, 9.17) is 4.42 Å². The van der Waals surface area contributed by atoms with Gasteiger partial charge in [0.2, 0.25) is 0 Å². The molecule has 4 rings (SSSR count). The van der Waals surface area contributed by atoms with Crippen molar-refractivity contribution in [2.75, 3.05) is 26.2 Å². The van der Waals surface area contributed by atoms with Crippen molar-refractivity contribution >= 4 is 5.91 Å². The van der Waals surface area contributed by atoms with E-state index < -0.39 is 0 Å². The minimum Gasteiger partial charge on any atom is -0.432 e. The summed E-state index contributed by atoms with van der Waals surface area (Å²) in [7, 11) is 0. The summed E-state index contributed by atoms with van der Waals surface area (Å²) in [5.41, 5.74) is 0.940. The topological polar surface area (TPSA) is 49.6 Å². The van der Waals surface area contributed by atoms with Crippen LogP contribution in [0.2, 0.25) is 0 Å². The summed E-state index contributed by atoms with van der Waals surface area (Å²) in [5.74, 6) is 0.766. The molecule has 5 heteroatoms. The second-order valence-electron chi connectivity index (χ2n) is 5.64. The van der Waals surface area contributed by atoms with E-state index in [2.05, 4.69) is 9.88 Å². The number of amides is 1. The molecule has 2 atom stereocenters. The lowest BCUT2D eigenvalue weighted by molar-refractivity contribution is 0.0570. The Kier molecular flexibility index (Phi) is 3.00. The van der Waals surface area contributed by atoms with Gasteiger partial charge in [-0.2, -0.15) is 0 Å². The number of fused-ring (bicyclic) bond motifs is 2. The number of oxazole rings is 1. The summed E-state index contributed by atoms with van der Waals surface area (Å²) < 4.78 is 5.68. The fourth-order valence-electron chi connectivity index (χ4n) is 3.20. The van der Waals surface area contributed by atoms with Gasteiger partial charge < -0.3 is 9.32 Å². The van der Waals surface area contributed by atoms with Crippen LogP contribution in [-0.4, -0.2) is 52.9 Å². The molecule has 2 bridgehead atoms. The van der Waals surface area contributed by atoms with Crippen molar-refractivity contribution in [3.05, 3.63) is 42.4 Å². The Balaban J connectivity index is 1.56. The van der Waals surface area contributed by atoms with Crippen LogP contribution in [0.1, 0.15) is 17.1 Å². The van der Waals surface area contributed by atoms with Crippen LogP contribution in [0.3, 0.4) is 0 Å². The zero-order valence-electron chi connectivity index (χ0n) is 11.7. The van der Waals surface area contributed by atoms with Crippen molar-refractivity contribution < 1.29 is 9.21 Å². The Labute approximate surface area is 123 Å². The van der Waals surface area contributed by atoms with Crippen molar-refractivity contribution in [2.24, 2.45) is 0 Å². The largest absolute Gasteiger partial charge is 0.432 e. The van der Waals surface area contributed by atoms with E-state index in [0.29, 0.717) is 11.8 Å². The molecule has 1 unspecified atom stereocenters. The van der Waals surface area contributed by atoms with Gasteiger partial charge in [0.1, 0.15) is 0 Å². The normalized spacial score (nSPS) is 24.3. The third-order valence-electron chi connectivity index (χ3n) is 4.35. The molecule has 2 fully saturated rings. The SMILES string of the molecule is O=C(c1ncc(-c2ccccc2)o1)N1CCN2CC[C@@H]1C2. The zero-order chi connectivity index (χ0) is 14.2. The van der Waals surface area contributed by atoms with Crippen LogP contribution in [0.4, 0.5) is 0 Å². The summed E-state index contributed by atoms with van der Waals surface area (Å²) in [5, 5.41) is 0. The Morgan fingerprint density at radius 1 is 1.19 bits per heavy atom. The van der Waals surface area contributed by atoms with Gasteiger partial charge in [-0.1, -0.05) is 30.3 Å². The molecule has 1 aromatic carbocycles. The molecule has 3 heterocycles. The monoisotopic (exact) mass is 283 g/mol. The van der Waals surface area contributed by atoms with Gasteiger partial charge in [-0.25, -0.2) is 4.98 Å². The lowest BCUT2D eigenvalue weighted by atomic mass is 10.2. The molecule has 0 saturated carbocycles. The number of hydrogen-bond donors (Lipinski definition) is 0. The Morgan fingerprint density at radius 2 is 2.05 bits per heavy atom. The number of hydrogen-bond acceptors (Lipinski definition) is 4. The third kappa shape index (κ3) is 2.23. The van der Waals surface area contributed by atoms with Crippen molar-refractivity contribution in [1.82, 2.24) is 14.8 Å². The molecule has 108 valence electrons. The highest BCUT2D eigenvalue weighted by atomic mass is 16.4. The molecule has 2 saturated heterocycles. The molecule has 0 radical (unpaired) electrons. The van der Waals surface area contributed by atoms with Crippen LogP contribution < -0.4 is 0 Å². The molecule has 21 heavy (non-hydrogen) atoms. The first kappa shape index (κ1) is 12.6. The van der Waals surface area contributed by atoms with Gasteiger partial charge in [0.05, 0.1) is 6.20 Å². The van der Waals surface area contributed by atoms with Gasteiger partial charge in [-0.05, 0) is 6.42 Å². The smallest absolute Gasteiger partial charge is 0.310 e. The second kappa shape index (κ2) is 5.00. The van der Waals surface area contributed by atoms with E-state index >= 15 is 0 Å². The third-order valence-corrected chi connectivity index (χ3v) is 4.35. The quantitative estimate of drug-likeness (QED) is 0.844. The van der Waals surface area contributed by atoms with Crippen LogP contribution in [0.25, 0.3) is 11.3 Å². The first-order valence-corrected chi connectivity index (χ1v) is 7.36. The van der Waals surface area contributed by atoms with Crippen LogP contribution in [-0.2, 0) is 0 Å². The molecule has 0 N–H and O–H groups in total. The number of aromatic nitrogens is 1. The average molecular weight is 283 g/mol. The predicted molar refractivity (Wildman–Crippen MR) is 77.8 cm³/mol. The van der Waals surface area contributed by atoms with Gasteiger partial charge in [0.15, 0.2) is 5.76 Å². The van der Waals surface area contributed by atoms with Gasteiger partial charge in [-0.15, -0.1) is 0 Å². The van der Waals surface area contributed by atoms with E-state index in [1.807, 2.05) is 35.2 Å². The minimum absolute atomic E-state index is 0.0799. The Hall–Kier alpha value is -2.14. The highest BCUT2D eigenvalue weighted by molar-refractivity contribution is 5.90. The summed E-state index contributed by atoms with van der Waals surface area (Å²) in [6.45, 7) is 3.80. The van der Waals surface area contributed by atoms with Crippen molar-refractivity contribution in [3.8, 4) is 11.3 Å². The average Bonchev–Trinajstić information content (AvgIpc) is 3.15. The van der Waals surface area contributed by atoms with Gasteiger partial charge in [-0.3, -0.25) is 9.69 Å². The van der Waals surface area contributed by atoms with Crippen molar-refractivity contribution in [2.45, 2.75) is 12.5 Å². The summed E-state index contributed by atoms with van der Waals surface area (Å²) in [6, 6.07) is 10.0. The molecular formula is C16H17N3O2. The number of rotatable bonds is 2. The highest BCUT2D eigenvalue weighted by Gasteiger charge is 2.36. The molecule has 1 amide bonds. The molecular weight excluding hydrogens is 266 g/mol. The summed E-state index contributed by atoms with van der Waals surface area (Å²) >= 11 is 0. The molecule has 0 spiro atoms. The summed E-state index contributed by atoms with van der Waals surface area (Å²) in [6.07, 6.45) is 2.69. The number of carbonyl (C=O) groups excluding carboxylic acids is 1. The van der Waals surface area contributed by atoms with Gasteiger partial charge in [0.25, 0.3) is 5.89 Å². The fourth-order valence-corrected chi connectivity index (χ4v) is 3.20. The highest BCUT2D eigenvalue weighted by Crippen LogP contribution is 2.24. The Morgan fingerprint density at radius 3 is 2.90 bits per heavy atom. The van der Waals surface area contributed by atoms with E-state index in [1.165, 1.54) is 0 Å². The summed E-state index contributed by atoms with van der Waals surface area (Å²) in [4.78, 5) is 21.1. The first-order valence-electron chi connectivity index (χ1n) is 7.36. The first-order chi connectivity index (χ1) is 10.3. The lowest BCUT2D eigenvalue weighted by Crippen LogP contribution is -2.49. The van der Waals surface area contributed by atoms with Gasteiger partial charge in [0, 0.05) is 37.8 Å². The van der Waals surface area contributed by atoms with Crippen LogP contribution in [0.15, 0.2) is 40.9 Å². The molecule has 2 aromatic rings. The number of piperazine rings is 1. The lowest BCUT2D eigenvalue weighted by Gasteiger charge is -2.33.